The number of aromatic nitrogens is 1. The molecule has 0 aliphatic rings. The number of pyridine rings is 1. The van der Waals surface area contributed by atoms with Crippen molar-refractivity contribution in [2.75, 3.05) is 19.0 Å². The molecule has 0 radical (unpaired) electrons. The molecule has 1 aromatic heterocycles. The molecule has 0 bridgehead atoms. The van der Waals surface area contributed by atoms with Crippen molar-refractivity contribution in [3.63, 3.8) is 0 Å². The Morgan fingerprint density at radius 2 is 2.04 bits per heavy atom. The van der Waals surface area contributed by atoms with Crippen molar-refractivity contribution in [1.82, 2.24) is 10.3 Å². The molecule has 0 saturated heterocycles. The Labute approximate surface area is 165 Å². The summed E-state index contributed by atoms with van der Waals surface area (Å²) in [5, 5.41) is 7.17. The number of anilines is 2. The van der Waals surface area contributed by atoms with Gasteiger partial charge in [0.2, 0.25) is 0 Å². The van der Waals surface area contributed by atoms with Gasteiger partial charge >= 0.3 is 0 Å². The van der Waals surface area contributed by atoms with E-state index in [4.69, 9.17) is 4.74 Å². The number of nitrogens with one attached hydrogen (secondary N) is 2. The van der Waals surface area contributed by atoms with Gasteiger partial charge in [0.05, 0.1) is 18.4 Å². The maximum absolute atomic E-state index is 12.8. The molecule has 0 aliphatic heterocycles. The van der Waals surface area contributed by atoms with Crippen LogP contribution in [0.1, 0.15) is 29.3 Å². The number of hydrogen-bond acceptors (Lipinski definition) is 4. The van der Waals surface area contributed by atoms with Crippen molar-refractivity contribution < 1.29 is 9.53 Å². The molecule has 3 aromatic rings. The first-order valence-corrected chi connectivity index (χ1v) is 9.39. The van der Waals surface area contributed by atoms with Gasteiger partial charge in [-0.2, -0.15) is 0 Å². The largest absolute Gasteiger partial charge is 0.494 e. The van der Waals surface area contributed by atoms with Gasteiger partial charge in [-0.3, -0.25) is 9.78 Å². The van der Waals surface area contributed by atoms with Crippen molar-refractivity contribution in [2.24, 2.45) is 0 Å². The first-order chi connectivity index (χ1) is 13.7. The summed E-state index contributed by atoms with van der Waals surface area (Å²) in [7, 11) is 1.62. The third kappa shape index (κ3) is 3.98. The van der Waals surface area contributed by atoms with Crippen LogP contribution in [0.4, 0.5) is 11.4 Å². The van der Waals surface area contributed by atoms with E-state index >= 15 is 0 Å². The van der Waals surface area contributed by atoms with Crippen LogP contribution in [0.25, 0.3) is 10.9 Å². The molecule has 2 aromatic carbocycles. The number of ether oxygens (including phenoxy) is 1. The second kappa shape index (κ2) is 9.04. The molecule has 5 nitrogen and oxygen atoms in total. The first kappa shape index (κ1) is 19.4. The molecule has 0 saturated carbocycles. The highest BCUT2D eigenvalue weighted by Gasteiger charge is 2.18. The molecule has 1 amide bonds. The van der Waals surface area contributed by atoms with Crippen molar-refractivity contribution in [3.05, 3.63) is 72.4 Å². The van der Waals surface area contributed by atoms with Crippen molar-refractivity contribution >= 4 is 28.2 Å². The van der Waals surface area contributed by atoms with Gasteiger partial charge < -0.3 is 15.4 Å². The van der Waals surface area contributed by atoms with E-state index in [1.807, 2.05) is 36.4 Å². The zero-order valence-electron chi connectivity index (χ0n) is 16.3. The second-order valence-electron chi connectivity index (χ2n) is 6.43. The molecule has 3 rings (SSSR count). The lowest BCUT2D eigenvalue weighted by Gasteiger charge is -2.17. The number of carbonyl (C=O) groups is 1. The topological polar surface area (TPSA) is 63.2 Å². The van der Waals surface area contributed by atoms with Gasteiger partial charge in [-0.15, -0.1) is 6.58 Å². The number of carbonyl (C=O) groups excluding carboxylic acids is 1. The molecular formula is C23H25N3O2. The van der Waals surface area contributed by atoms with Crippen LogP contribution in [0, 0.1) is 0 Å². The van der Waals surface area contributed by atoms with E-state index < -0.39 is 0 Å². The highest BCUT2D eigenvalue weighted by Crippen LogP contribution is 2.34. The van der Waals surface area contributed by atoms with Gasteiger partial charge in [0, 0.05) is 23.8 Å². The van der Waals surface area contributed by atoms with E-state index in [1.54, 1.807) is 19.4 Å². The number of para-hydroxylation sites is 2. The number of amides is 1. The van der Waals surface area contributed by atoms with E-state index in [9.17, 15) is 4.79 Å². The second-order valence-corrected chi connectivity index (χ2v) is 6.43. The average Bonchev–Trinajstić information content (AvgIpc) is 2.73. The smallest absolute Gasteiger partial charge is 0.255 e. The number of rotatable bonds is 8. The molecular weight excluding hydrogens is 350 g/mol. The summed E-state index contributed by atoms with van der Waals surface area (Å²) in [6.07, 6.45) is 5.23. The van der Waals surface area contributed by atoms with Gasteiger partial charge in [-0.25, -0.2) is 0 Å². The summed E-state index contributed by atoms with van der Waals surface area (Å²) >= 11 is 0. The molecule has 5 heteroatoms. The quantitative estimate of drug-likeness (QED) is 0.552. The predicted molar refractivity (Wildman–Crippen MR) is 115 cm³/mol. The highest BCUT2D eigenvalue weighted by molar-refractivity contribution is 6.09. The van der Waals surface area contributed by atoms with Gasteiger partial charge in [0.1, 0.15) is 11.3 Å². The molecule has 144 valence electrons. The number of fused-ring (bicyclic) bond motifs is 1. The fourth-order valence-corrected chi connectivity index (χ4v) is 3.19. The third-order valence-electron chi connectivity index (χ3n) is 4.53. The van der Waals surface area contributed by atoms with E-state index in [1.165, 1.54) is 5.56 Å². The molecule has 0 unspecified atom stereocenters. The molecule has 28 heavy (non-hydrogen) atoms. The van der Waals surface area contributed by atoms with Crippen LogP contribution in [-0.2, 0) is 6.42 Å². The Hall–Kier alpha value is -3.34. The van der Waals surface area contributed by atoms with Gasteiger partial charge in [0.25, 0.3) is 5.91 Å². The minimum absolute atomic E-state index is 0.201. The Bertz CT molecular complexity index is 998. The summed E-state index contributed by atoms with van der Waals surface area (Å²) in [5.41, 5.74) is 4.09. The Kier molecular flexibility index (Phi) is 6.27. The van der Waals surface area contributed by atoms with Crippen molar-refractivity contribution in [2.45, 2.75) is 19.8 Å². The Balaban J connectivity index is 2.16. The number of aryl methyl sites for hydroxylation is 1. The van der Waals surface area contributed by atoms with Crippen molar-refractivity contribution in [3.8, 4) is 5.75 Å². The van der Waals surface area contributed by atoms with E-state index in [-0.39, 0.29) is 5.91 Å². The molecule has 0 aliphatic carbocycles. The van der Waals surface area contributed by atoms with Crippen LogP contribution in [0.5, 0.6) is 5.75 Å². The van der Waals surface area contributed by atoms with Crippen molar-refractivity contribution in [1.29, 1.82) is 0 Å². The minimum Gasteiger partial charge on any atom is -0.494 e. The fraction of sp³-hybridized carbons (Fsp3) is 0.217. The molecule has 0 fully saturated rings. The van der Waals surface area contributed by atoms with Crippen LogP contribution in [0.15, 0.2) is 61.3 Å². The fourth-order valence-electron chi connectivity index (χ4n) is 3.19. The lowest BCUT2D eigenvalue weighted by molar-refractivity contribution is 0.0958. The molecule has 0 atom stereocenters. The minimum atomic E-state index is -0.201. The molecule has 2 N–H and O–H groups in total. The molecule has 1 heterocycles. The SMILES string of the molecule is C=CCNC(=O)c1cnc2c(OC)cccc2c1Nc1ccccc1CCC. The zero-order chi connectivity index (χ0) is 19.9. The summed E-state index contributed by atoms with van der Waals surface area (Å²) in [6, 6.07) is 13.9. The predicted octanol–water partition coefficient (Wildman–Crippen LogP) is 4.86. The lowest BCUT2D eigenvalue weighted by Crippen LogP contribution is -2.24. The normalized spacial score (nSPS) is 10.5. The number of hydrogen-bond donors (Lipinski definition) is 2. The maximum Gasteiger partial charge on any atom is 0.255 e. The zero-order valence-corrected chi connectivity index (χ0v) is 16.3. The van der Waals surface area contributed by atoms with Gasteiger partial charge in [-0.1, -0.05) is 49.8 Å². The maximum atomic E-state index is 12.8. The van der Waals surface area contributed by atoms with Gasteiger partial charge in [0.15, 0.2) is 0 Å². The monoisotopic (exact) mass is 375 g/mol. The Morgan fingerprint density at radius 1 is 1.21 bits per heavy atom. The number of benzene rings is 2. The third-order valence-corrected chi connectivity index (χ3v) is 4.53. The van der Waals surface area contributed by atoms with E-state index in [0.29, 0.717) is 29.1 Å². The summed E-state index contributed by atoms with van der Waals surface area (Å²) in [6.45, 7) is 6.20. The van der Waals surface area contributed by atoms with E-state index in [2.05, 4.69) is 35.2 Å². The van der Waals surface area contributed by atoms with Crippen LogP contribution >= 0.6 is 0 Å². The first-order valence-electron chi connectivity index (χ1n) is 9.39. The summed E-state index contributed by atoms with van der Waals surface area (Å²) < 4.78 is 5.46. The molecule has 0 spiro atoms. The van der Waals surface area contributed by atoms with Crippen LogP contribution in [0.2, 0.25) is 0 Å². The Morgan fingerprint density at radius 3 is 2.79 bits per heavy atom. The van der Waals surface area contributed by atoms with E-state index in [0.717, 1.165) is 23.9 Å². The van der Waals surface area contributed by atoms with Gasteiger partial charge in [-0.05, 0) is 24.1 Å². The number of nitrogens with zero attached hydrogens (tertiary/aromatic N) is 1. The highest BCUT2D eigenvalue weighted by atomic mass is 16.5. The average molecular weight is 375 g/mol. The standard InChI is InChI=1S/C23H25N3O2/c1-4-9-16-10-6-7-12-19(16)26-21-17-11-8-13-20(28-3)22(17)25-15-18(21)23(27)24-14-5-2/h5-8,10-13,15H,2,4,9,14H2,1,3H3,(H,24,27)(H,25,26). The summed E-state index contributed by atoms with van der Waals surface area (Å²) in [5.74, 6) is 0.466. The van der Waals surface area contributed by atoms with Crippen LogP contribution < -0.4 is 15.4 Å². The van der Waals surface area contributed by atoms with Crippen LogP contribution in [-0.4, -0.2) is 24.5 Å². The number of methoxy groups -OCH3 is 1. The lowest BCUT2D eigenvalue weighted by atomic mass is 10.0. The van der Waals surface area contributed by atoms with Crippen LogP contribution in [0.3, 0.4) is 0 Å². The summed E-state index contributed by atoms with van der Waals surface area (Å²) in [4.78, 5) is 17.2.